The fourth-order valence-corrected chi connectivity index (χ4v) is 1.92. The standard InChI is InChI=1S/C7H2ClF2IN2/c8-4-1-3(2-12)5(6(9)10)7(11)13-4/h1,6H. The van der Waals surface area contributed by atoms with E-state index in [4.69, 9.17) is 16.9 Å². The van der Waals surface area contributed by atoms with E-state index in [1.165, 1.54) is 0 Å². The Bertz CT molecular complexity index is 375. The Morgan fingerprint density at radius 3 is 2.69 bits per heavy atom. The molecule has 0 bridgehead atoms. The van der Waals surface area contributed by atoms with Crippen molar-refractivity contribution in [3.05, 3.63) is 26.0 Å². The molecule has 1 rings (SSSR count). The van der Waals surface area contributed by atoms with E-state index in [2.05, 4.69) is 4.98 Å². The summed E-state index contributed by atoms with van der Waals surface area (Å²) in [5.74, 6) is 0. The van der Waals surface area contributed by atoms with Crippen LogP contribution in [0.3, 0.4) is 0 Å². The largest absolute Gasteiger partial charge is 0.267 e. The summed E-state index contributed by atoms with van der Waals surface area (Å²) in [5, 5.41) is 8.59. The van der Waals surface area contributed by atoms with Gasteiger partial charge >= 0.3 is 0 Å². The fraction of sp³-hybridized carbons (Fsp3) is 0.143. The first-order valence-electron chi connectivity index (χ1n) is 3.10. The maximum Gasteiger partial charge on any atom is 0.267 e. The van der Waals surface area contributed by atoms with Gasteiger partial charge in [0.25, 0.3) is 6.43 Å². The molecule has 0 spiro atoms. The van der Waals surface area contributed by atoms with E-state index in [0.29, 0.717) is 0 Å². The van der Waals surface area contributed by atoms with Gasteiger partial charge in [-0.25, -0.2) is 13.8 Å². The van der Waals surface area contributed by atoms with Gasteiger partial charge in [0, 0.05) is 0 Å². The quantitative estimate of drug-likeness (QED) is 0.590. The zero-order chi connectivity index (χ0) is 10.0. The molecule has 0 N–H and O–H groups in total. The molecule has 2 nitrogen and oxygen atoms in total. The first-order valence-corrected chi connectivity index (χ1v) is 4.56. The molecule has 1 aromatic rings. The number of halogens is 4. The van der Waals surface area contributed by atoms with Gasteiger partial charge in [-0.2, -0.15) is 5.26 Å². The normalized spacial score (nSPS) is 10.2. The van der Waals surface area contributed by atoms with Crippen molar-refractivity contribution in [1.82, 2.24) is 4.98 Å². The zero-order valence-corrected chi connectivity index (χ0v) is 8.97. The molecular weight excluding hydrogens is 312 g/mol. The SMILES string of the molecule is N#Cc1cc(Cl)nc(I)c1C(F)F. The van der Waals surface area contributed by atoms with Crippen molar-refractivity contribution in [2.24, 2.45) is 0 Å². The summed E-state index contributed by atoms with van der Waals surface area (Å²) in [6.45, 7) is 0. The van der Waals surface area contributed by atoms with Gasteiger partial charge in [0.1, 0.15) is 8.85 Å². The summed E-state index contributed by atoms with van der Waals surface area (Å²) in [5.41, 5.74) is -0.480. The molecule has 0 aliphatic rings. The molecule has 0 aromatic carbocycles. The summed E-state index contributed by atoms with van der Waals surface area (Å²) in [6.07, 6.45) is -2.70. The molecule has 13 heavy (non-hydrogen) atoms. The molecule has 68 valence electrons. The molecule has 0 saturated carbocycles. The Hall–Kier alpha value is -0.480. The van der Waals surface area contributed by atoms with Crippen LogP contribution in [0, 0.1) is 15.0 Å². The van der Waals surface area contributed by atoms with E-state index in [1.807, 2.05) is 0 Å². The van der Waals surface area contributed by atoms with Gasteiger partial charge in [-0.3, -0.25) is 0 Å². The topological polar surface area (TPSA) is 36.7 Å². The lowest BCUT2D eigenvalue weighted by Gasteiger charge is -2.04. The number of hydrogen-bond donors (Lipinski definition) is 0. The molecule has 0 fully saturated rings. The van der Waals surface area contributed by atoms with Gasteiger partial charge in [0.15, 0.2) is 0 Å². The fourth-order valence-electron chi connectivity index (χ4n) is 0.794. The minimum Gasteiger partial charge on any atom is -0.230 e. The second kappa shape index (κ2) is 4.15. The number of rotatable bonds is 1. The van der Waals surface area contributed by atoms with Crippen LogP contribution in [0.15, 0.2) is 6.07 Å². The number of nitriles is 1. The van der Waals surface area contributed by atoms with E-state index in [9.17, 15) is 8.78 Å². The Morgan fingerprint density at radius 1 is 1.62 bits per heavy atom. The van der Waals surface area contributed by atoms with Crippen LogP contribution in [0.5, 0.6) is 0 Å². The zero-order valence-electron chi connectivity index (χ0n) is 6.06. The van der Waals surface area contributed by atoms with E-state index in [-0.39, 0.29) is 20.0 Å². The minimum absolute atomic E-state index is 0.0466. The van der Waals surface area contributed by atoms with Gasteiger partial charge < -0.3 is 0 Å². The van der Waals surface area contributed by atoms with Crippen LogP contribution in [0.25, 0.3) is 0 Å². The van der Waals surface area contributed by atoms with E-state index in [0.717, 1.165) is 6.07 Å². The Balaban J connectivity index is 3.41. The molecule has 0 unspecified atom stereocenters. The highest BCUT2D eigenvalue weighted by Crippen LogP contribution is 2.28. The Morgan fingerprint density at radius 2 is 2.23 bits per heavy atom. The number of nitrogens with zero attached hydrogens (tertiary/aromatic N) is 2. The highest BCUT2D eigenvalue weighted by Gasteiger charge is 2.18. The van der Waals surface area contributed by atoms with Crippen molar-refractivity contribution in [1.29, 1.82) is 5.26 Å². The van der Waals surface area contributed by atoms with Crippen molar-refractivity contribution >= 4 is 34.2 Å². The monoisotopic (exact) mass is 314 g/mol. The van der Waals surface area contributed by atoms with Crippen molar-refractivity contribution in [3.63, 3.8) is 0 Å². The molecule has 0 aliphatic carbocycles. The molecule has 6 heteroatoms. The van der Waals surface area contributed by atoms with Crippen LogP contribution in [-0.4, -0.2) is 4.98 Å². The van der Waals surface area contributed by atoms with Crippen LogP contribution in [-0.2, 0) is 0 Å². The second-order valence-electron chi connectivity index (χ2n) is 2.11. The third kappa shape index (κ3) is 2.25. The average Bonchev–Trinajstić information content (AvgIpc) is 2.01. The molecule has 0 saturated heterocycles. The highest BCUT2D eigenvalue weighted by molar-refractivity contribution is 14.1. The van der Waals surface area contributed by atoms with Crippen LogP contribution < -0.4 is 0 Å². The lowest BCUT2D eigenvalue weighted by Crippen LogP contribution is -1.98. The molecule has 0 atom stereocenters. The minimum atomic E-state index is -2.70. The number of aromatic nitrogens is 1. The molecule has 1 heterocycles. The second-order valence-corrected chi connectivity index (χ2v) is 3.52. The number of alkyl halides is 2. The lowest BCUT2D eigenvalue weighted by molar-refractivity contribution is 0.149. The third-order valence-electron chi connectivity index (χ3n) is 1.32. The summed E-state index contributed by atoms with van der Waals surface area (Å²) in [4.78, 5) is 3.62. The summed E-state index contributed by atoms with van der Waals surface area (Å²) < 4.78 is 24.8. The predicted molar refractivity (Wildman–Crippen MR) is 51.6 cm³/mol. The van der Waals surface area contributed by atoms with Gasteiger partial charge in [-0.1, -0.05) is 11.6 Å². The number of hydrogen-bond acceptors (Lipinski definition) is 2. The molecule has 0 aliphatic heterocycles. The maximum atomic E-state index is 12.4. The van der Waals surface area contributed by atoms with Gasteiger partial charge in [0.05, 0.1) is 17.2 Å². The van der Waals surface area contributed by atoms with Gasteiger partial charge in [-0.15, -0.1) is 0 Å². The number of pyridine rings is 1. The summed E-state index contributed by atoms with van der Waals surface area (Å²) >= 11 is 7.12. The lowest BCUT2D eigenvalue weighted by atomic mass is 10.2. The molecule has 0 amide bonds. The van der Waals surface area contributed by atoms with Crippen molar-refractivity contribution < 1.29 is 8.78 Å². The maximum absolute atomic E-state index is 12.4. The van der Waals surface area contributed by atoms with Gasteiger partial charge in [-0.05, 0) is 28.7 Å². The third-order valence-corrected chi connectivity index (χ3v) is 2.34. The molecule has 0 radical (unpaired) electrons. The van der Waals surface area contributed by atoms with Crippen LogP contribution in [0.4, 0.5) is 8.78 Å². The Kier molecular flexibility index (Phi) is 3.39. The van der Waals surface area contributed by atoms with Crippen LogP contribution in [0.2, 0.25) is 5.15 Å². The van der Waals surface area contributed by atoms with E-state index in [1.54, 1.807) is 28.7 Å². The van der Waals surface area contributed by atoms with Gasteiger partial charge in [0.2, 0.25) is 0 Å². The van der Waals surface area contributed by atoms with Crippen molar-refractivity contribution in [2.45, 2.75) is 6.43 Å². The Labute approximate surface area is 91.7 Å². The molecular formula is C7H2ClF2IN2. The first kappa shape index (κ1) is 10.6. The van der Waals surface area contributed by atoms with E-state index >= 15 is 0 Å². The van der Waals surface area contributed by atoms with Crippen molar-refractivity contribution in [2.75, 3.05) is 0 Å². The van der Waals surface area contributed by atoms with E-state index < -0.39 is 6.43 Å². The summed E-state index contributed by atoms with van der Waals surface area (Å²) in [6, 6.07) is 2.78. The summed E-state index contributed by atoms with van der Waals surface area (Å²) in [7, 11) is 0. The van der Waals surface area contributed by atoms with Crippen molar-refractivity contribution in [3.8, 4) is 6.07 Å². The smallest absolute Gasteiger partial charge is 0.230 e. The van der Waals surface area contributed by atoms with Crippen LogP contribution in [0.1, 0.15) is 17.6 Å². The van der Waals surface area contributed by atoms with Crippen LogP contribution >= 0.6 is 34.2 Å². The first-order chi connectivity index (χ1) is 6.06. The highest BCUT2D eigenvalue weighted by atomic mass is 127. The molecule has 1 aromatic heterocycles. The average molecular weight is 314 g/mol. The predicted octanol–water partition coefficient (Wildman–Crippen LogP) is 3.15.